The summed E-state index contributed by atoms with van der Waals surface area (Å²) in [4.78, 5) is 0. The maximum absolute atomic E-state index is 13.9. The molecule has 3 rings (SSSR count). The van der Waals surface area contributed by atoms with Crippen molar-refractivity contribution in [3.63, 3.8) is 0 Å². The van der Waals surface area contributed by atoms with E-state index < -0.39 is 53.3 Å². The van der Waals surface area contributed by atoms with E-state index in [2.05, 4.69) is 5.32 Å². The van der Waals surface area contributed by atoms with E-state index in [1.807, 2.05) is 0 Å². The van der Waals surface area contributed by atoms with Crippen molar-refractivity contribution in [1.29, 1.82) is 0 Å². The molecule has 0 radical (unpaired) electrons. The van der Waals surface area contributed by atoms with E-state index in [-0.39, 0.29) is 6.61 Å². The highest BCUT2D eigenvalue weighted by Crippen LogP contribution is 2.41. The first-order valence-corrected chi connectivity index (χ1v) is 9.01. The summed E-state index contributed by atoms with van der Waals surface area (Å²) in [6.45, 7) is 2.01. The van der Waals surface area contributed by atoms with E-state index >= 15 is 0 Å². The molecule has 1 saturated heterocycles. The molecule has 164 valence electrons. The highest BCUT2D eigenvalue weighted by molar-refractivity contribution is 5.36. The Bertz CT molecular complexity index is 833. The second-order valence-corrected chi connectivity index (χ2v) is 6.79. The number of benzene rings is 2. The summed E-state index contributed by atoms with van der Waals surface area (Å²) < 4.78 is 104. The van der Waals surface area contributed by atoms with Crippen molar-refractivity contribution in [2.45, 2.75) is 37.7 Å². The van der Waals surface area contributed by atoms with Gasteiger partial charge in [0.05, 0.1) is 29.9 Å². The molecule has 1 aliphatic rings. The molecule has 10 heteroatoms. The Morgan fingerprint density at radius 2 is 1.57 bits per heavy atom. The molecule has 3 nitrogen and oxygen atoms in total. The topological polar surface area (TPSA) is 30.5 Å². The highest BCUT2D eigenvalue weighted by atomic mass is 19.4. The van der Waals surface area contributed by atoms with Gasteiger partial charge in [-0.1, -0.05) is 30.3 Å². The zero-order valence-electron chi connectivity index (χ0n) is 15.6. The van der Waals surface area contributed by atoms with Gasteiger partial charge in [-0.15, -0.1) is 0 Å². The van der Waals surface area contributed by atoms with Gasteiger partial charge in [-0.25, -0.2) is 4.39 Å². The number of alkyl halides is 6. The van der Waals surface area contributed by atoms with Crippen molar-refractivity contribution < 1.29 is 40.2 Å². The Balaban J connectivity index is 1.93. The van der Waals surface area contributed by atoms with Crippen LogP contribution in [0.3, 0.4) is 0 Å². The Kier molecular flexibility index (Phi) is 6.40. The van der Waals surface area contributed by atoms with Crippen molar-refractivity contribution in [3.05, 3.63) is 70.5 Å². The van der Waals surface area contributed by atoms with E-state index in [9.17, 15) is 30.7 Å². The number of halogens is 7. The molecule has 2 aromatic rings. The molecule has 1 heterocycles. The molecule has 1 fully saturated rings. The number of nitrogens with one attached hydrogen (secondary N) is 1. The molecule has 30 heavy (non-hydrogen) atoms. The SMILES string of the molecule is C[C@@H](O[C@H]1OCCN[C@H]1c1ccccc1)c1cc(C(F)(F)F)c(F)c(C(F)(F)F)c1. The van der Waals surface area contributed by atoms with Crippen molar-refractivity contribution in [2.75, 3.05) is 13.2 Å². The lowest BCUT2D eigenvalue weighted by Gasteiger charge is -2.34. The van der Waals surface area contributed by atoms with Gasteiger partial charge in [0.2, 0.25) is 0 Å². The lowest BCUT2D eigenvalue weighted by Crippen LogP contribution is -2.43. The normalized spacial score (nSPS) is 21.5. The second-order valence-electron chi connectivity index (χ2n) is 6.79. The van der Waals surface area contributed by atoms with Crippen LogP contribution < -0.4 is 5.32 Å². The molecule has 0 saturated carbocycles. The molecule has 0 amide bonds. The average Bonchev–Trinajstić information content (AvgIpc) is 2.67. The fourth-order valence-electron chi connectivity index (χ4n) is 3.21. The van der Waals surface area contributed by atoms with Gasteiger partial charge < -0.3 is 14.8 Å². The summed E-state index contributed by atoms with van der Waals surface area (Å²) in [5.41, 5.74) is -3.67. The Labute approximate surface area is 167 Å². The lowest BCUT2D eigenvalue weighted by atomic mass is 10.00. The average molecular weight is 437 g/mol. The molecule has 0 unspecified atom stereocenters. The fourth-order valence-corrected chi connectivity index (χ4v) is 3.21. The van der Waals surface area contributed by atoms with Crippen LogP contribution in [-0.4, -0.2) is 19.4 Å². The van der Waals surface area contributed by atoms with Crippen LogP contribution in [0.4, 0.5) is 30.7 Å². The Morgan fingerprint density at radius 3 is 2.10 bits per heavy atom. The smallest absolute Gasteiger partial charge is 0.349 e. The third kappa shape index (κ3) is 4.93. The largest absolute Gasteiger partial charge is 0.419 e. The first kappa shape index (κ1) is 22.5. The van der Waals surface area contributed by atoms with Gasteiger partial charge in [0.25, 0.3) is 0 Å². The summed E-state index contributed by atoms with van der Waals surface area (Å²) in [5, 5.41) is 3.15. The minimum atomic E-state index is -5.30. The van der Waals surface area contributed by atoms with Crippen molar-refractivity contribution in [2.24, 2.45) is 0 Å². The molecule has 0 bridgehead atoms. The van der Waals surface area contributed by atoms with Gasteiger partial charge in [-0.05, 0) is 30.2 Å². The summed E-state index contributed by atoms with van der Waals surface area (Å²) in [7, 11) is 0. The van der Waals surface area contributed by atoms with Gasteiger partial charge in [0, 0.05) is 6.54 Å². The minimum absolute atomic E-state index is 0.242. The van der Waals surface area contributed by atoms with Crippen molar-refractivity contribution in [1.82, 2.24) is 5.32 Å². The molecule has 1 aliphatic heterocycles. The van der Waals surface area contributed by atoms with E-state index in [4.69, 9.17) is 9.47 Å². The highest BCUT2D eigenvalue weighted by Gasteiger charge is 2.42. The van der Waals surface area contributed by atoms with Crippen LogP contribution in [0.5, 0.6) is 0 Å². The van der Waals surface area contributed by atoms with Crippen LogP contribution in [0.25, 0.3) is 0 Å². The maximum Gasteiger partial charge on any atom is 0.419 e. The molecule has 0 spiro atoms. The number of morpholine rings is 1. The third-order valence-corrected chi connectivity index (χ3v) is 4.69. The lowest BCUT2D eigenvalue weighted by molar-refractivity contribution is -0.200. The third-order valence-electron chi connectivity index (χ3n) is 4.69. The summed E-state index contributed by atoms with van der Waals surface area (Å²) in [6.07, 6.45) is -12.8. The molecular weight excluding hydrogens is 419 g/mol. The van der Waals surface area contributed by atoms with Gasteiger partial charge >= 0.3 is 12.4 Å². The number of ether oxygens (including phenoxy) is 2. The summed E-state index contributed by atoms with van der Waals surface area (Å²) >= 11 is 0. The van der Waals surface area contributed by atoms with E-state index in [0.29, 0.717) is 18.7 Å². The molecule has 0 aromatic heterocycles. The van der Waals surface area contributed by atoms with Crippen LogP contribution in [0.2, 0.25) is 0 Å². The van der Waals surface area contributed by atoms with Crippen LogP contribution in [0.15, 0.2) is 42.5 Å². The molecule has 1 N–H and O–H groups in total. The maximum atomic E-state index is 13.9. The number of hydrogen-bond donors (Lipinski definition) is 1. The van der Waals surface area contributed by atoms with Gasteiger partial charge in [-0.3, -0.25) is 0 Å². The molecule has 2 aromatic carbocycles. The quantitative estimate of drug-likeness (QED) is 0.630. The first-order valence-electron chi connectivity index (χ1n) is 9.01. The van der Waals surface area contributed by atoms with E-state index in [1.165, 1.54) is 6.92 Å². The monoisotopic (exact) mass is 437 g/mol. The van der Waals surface area contributed by atoms with Gasteiger partial charge in [0.15, 0.2) is 6.29 Å². The van der Waals surface area contributed by atoms with E-state index in [0.717, 1.165) is 5.56 Å². The summed E-state index contributed by atoms with van der Waals surface area (Å²) in [6, 6.07) is 9.11. The predicted octanol–water partition coefficient (Wildman–Crippen LogP) is 5.63. The van der Waals surface area contributed by atoms with Crippen LogP contribution in [0, 0.1) is 5.82 Å². The zero-order chi connectivity index (χ0) is 22.1. The minimum Gasteiger partial charge on any atom is -0.349 e. The number of rotatable bonds is 4. The second kappa shape index (κ2) is 8.52. The van der Waals surface area contributed by atoms with Crippen LogP contribution in [0.1, 0.15) is 41.3 Å². The molecular formula is C20H18F7NO2. The summed E-state index contributed by atoms with van der Waals surface area (Å²) in [5.74, 6) is -2.36. The van der Waals surface area contributed by atoms with Gasteiger partial charge in [0.1, 0.15) is 5.82 Å². The van der Waals surface area contributed by atoms with Gasteiger partial charge in [-0.2, -0.15) is 26.3 Å². The molecule has 3 atom stereocenters. The van der Waals surface area contributed by atoms with Crippen molar-refractivity contribution >= 4 is 0 Å². The Hall–Kier alpha value is -2.17. The van der Waals surface area contributed by atoms with E-state index in [1.54, 1.807) is 30.3 Å². The predicted molar refractivity (Wildman–Crippen MR) is 92.8 cm³/mol. The number of hydrogen-bond acceptors (Lipinski definition) is 3. The molecule has 0 aliphatic carbocycles. The van der Waals surface area contributed by atoms with Crippen LogP contribution in [-0.2, 0) is 21.8 Å². The van der Waals surface area contributed by atoms with Crippen molar-refractivity contribution in [3.8, 4) is 0 Å². The fraction of sp³-hybridized carbons (Fsp3) is 0.400. The standard InChI is InChI=1S/C20H18F7NO2/c1-11(30-18-17(28-7-8-29-18)12-5-3-2-4-6-12)13-9-14(19(22,23)24)16(21)15(10-13)20(25,26)27/h2-6,9-11,17-18,28H,7-8H2,1H3/t11-,17+,18-/m1/s1. The van der Waals surface area contributed by atoms with Crippen LogP contribution >= 0.6 is 0 Å². The first-order chi connectivity index (χ1) is 14.0. The Morgan fingerprint density at radius 1 is 1.00 bits per heavy atom. The zero-order valence-corrected chi connectivity index (χ0v) is 15.6.